The van der Waals surface area contributed by atoms with E-state index in [1.807, 2.05) is 21.1 Å². The molecule has 0 aliphatic heterocycles. The molecule has 0 rings (SSSR count). The minimum atomic E-state index is -1.63. The number of quaternary nitrogens is 1. The second-order valence-electron chi connectivity index (χ2n) is 17.4. The predicted octanol–water partition coefficient (Wildman–Crippen LogP) is 12.0. The standard InChI is InChI=1S/C52H91NO8/c1-6-8-10-12-14-16-18-20-22-23-24-25-26-27-29-31-33-35-37-39-41-43-50(55)61-48(47-60-52(51(56)57)58-45-44-53(3,4)5)46-59-49(54)42-40-38-36-34-32-30-28-21-19-17-15-13-11-9-7-2/h8,10,14,16,20-22,24-25,28,48,52H,6-7,9,11-13,15,17-19,23,26-27,29-47H2,1-5H3/b10-8-,16-14-,22-20-,25-24-,28-21-. The summed E-state index contributed by atoms with van der Waals surface area (Å²) in [4.78, 5) is 37.1. The van der Waals surface area contributed by atoms with E-state index in [0.29, 0.717) is 17.4 Å². The Labute approximate surface area is 374 Å². The molecule has 0 radical (unpaired) electrons. The van der Waals surface area contributed by atoms with E-state index in [1.54, 1.807) is 0 Å². The molecular weight excluding hydrogens is 767 g/mol. The summed E-state index contributed by atoms with van der Waals surface area (Å²) >= 11 is 0. The lowest BCUT2D eigenvalue weighted by Crippen LogP contribution is -2.44. The zero-order chi connectivity index (χ0) is 44.9. The number of rotatable bonds is 44. The van der Waals surface area contributed by atoms with Gasteiger partial charge in [0, 0.05) is 12.8 Å². The van der Waals surface area contributed by atoms with E-state index in [9.17, 15) is 19.5 Å². The molecule has 352 valence electrons. The third-order valence-electron chi connectivity index (χ3n) is 10.2. The summed E-state index contributed by atoms with van der Waals surface area (Å²) in [7, 11) is 5.90. The van der Waals surface area contributed by atoms with Crippen LogP contribution in [-0.2, 0) is 33.3 Å². The van der Waals surface area contributed by atoms with Crippen molar-refractivity contribution in [3.63, 3.8) is 0 Å². The molecule has 0 spiro atoms. The van der Waals surface area contributed by atoms with Crippen molar-refractivity contribution in [2.75, 3.05) is 47.5 Å². The van der Waals surface area contributed by atoms with Crippen LogP contribution in [0.4, 0.5) is 0 Å². The number of carboxylic acids is 1. The third-order valence-corrected chi connectivity index (χ3v) is 10.2. The number of likely N-dealkylation sites (N-methyl/N-ethyl adjacent to an activating group) is 1. The Morgan fingerprint density at radius 2 is 0.934 bits per heavy atom. The molecule has 0 aliphatic carbocycles. The molecule has 0 amide bonds. The quantitative estimate of drug-likeness (QED) is 0.0196. The summed E-state index contributed by atoms with van der Waals surface area (Å²) in [6, 6.07) is 0. The molecule has 2 atom stereocenters. The molecule has 0 fully saturated rings. The van der Waals surface area contributed by atoms with Crippen LogP contribution in [0.5, 0.6) is 0 Å². The average molecular weight is 858 g/mol. The summed E-state index contributed by atoms with van der Waals surface area (Å²) in [6.07, 6.45) is 49.6. The number of carbonyl (C=O) groups excluding carboxylic acids is 3. The average Bonchev–Trinajstić information content (AvgIpc) is 3.22. The van der Waals surface area contributed by atoms with Crippen LogP contribution in [-0.4, -0.2) is 82.3 Å². The van der Waals surface area contributed by atoms with Gasteiger partial charge in [0.1, 0.15) is 13.2 Å². The molecule has 9 nitrogen and oxygen atoms in total. The number of esters is 2. The zero-order valence-corrected chi connectivity index (χ0v) is 39.8. The number of carboxylic acid groups (broad SMARTS) is 1. The van der Waals surface area contributed by atoms with Crippen molar-refractivity contribution in [1.29, 1.82) is 0 Å². The van der Waals surface area contributed by atoms with Gasteiger partial charge in [0.05, 0.1) is 40.3 Å². The first-order valence-corrected chi connectivity index (χ1v) is 24.4. The molecule has 2 unspecified atom stereocenters. The Morgan fingerprint density at radius 1 is 0.508 bits per heavy atom. The van der Waals surface area contributed by atoms with Crippen LogP contribution in [0.15, 0.2) is 60.8 Å². The van der Waals surface area contributed by atoms with Gasteiger partial charge in [-0.2, -0.15) is 0 Å². The van der Waals surface area contributed by atoms with Gasteiger partial charge in [-0.15, -0.1) is 0 Å². The Hall–Kier alpha value is -3.01. The molecule has 0 aliphatic rings. The number of unbranched alkanes of at least 4 members (excludes halogenated alkanes) is 19. The first kappa shape index (κ1) is 58.0. The van der Waals surface area contributed by atoms with E-state index in [0.717, 1.165) is 89.9 Å². The minimum absolute atomic E-state index is 0.142. The van der Waals surface area contributed by atoms with Crippen LogP contribution < -0.4 is 5.11 Å². The largest absolute Gasteiger partial charge is 0.545 e. The Morgan fingerprint density at radius 3 is 1.41 bits per heavy atom. The molecule has 0 saturated carbocycles. The van der Waals surface area contributed by atoms with Gasteiger partial charge in [-0.05, 0) is 77.0 Å². The molecule has 0 bridgehead atoms. The molecule has 61 heavy (non-hydrogen) atoms. The summed E-state index contributed by atoms with van der Waals surface area (Å²) in [5.74, 6) is -2.31. The van der Waals surface area contributed by atoms with Crippen LogP contribution >= 0.6 is 0 Å². The molecule has 0 aromatic rings. The van der Waals surface area contributed by atoms with Crippen molar-refractivity contribution >= 4 is 17.9 Å². The van der Waals surface area contributed by atoms with E-state index < -0.39 is 24.3 Å². The van der Waals surface area contributed by atoms with E-state index >= 15 is 0 Å². The maximum absolute atomic E-state index is 12.8. The Kier molecular flexibility index (Phi) is 41.5. The van der Waals surface area contributed by atoms with Crippen LogP contribution in [0.2, 0.25) is 0 Å². The lowest BCUT2D eigenvalue weighted by molar-refractivity contribution is -0.870. The highest BCUT2D eigenvalue weighted by Crippen LogP contribution is 2.14. The third kappa shape index (κ3) is 44.8. The van der Waals surface area contributed by atoms with Crippen molar-refractivity contribution in [3.8, 4) is 0 Å². The van der Waals surface area contributed by atoms with Crippen LogP contribution in [0.1, 0.15) is 194 Å². The highest BCUT2D eigenvalue weighted by molar-refractivity contribution is 5.70. The van der Waals surface area contributed by atoms with Crippen LogP contribution in [0, 0.1) is 0 Å². The number of hydrogen-bond acceptors (Lipinski definition) is 8. The molecule has 9 heteroatoms. The first-order valence-electron chi connectivity index (χ1n) is 24.4. The fourth-order valence-electron chi connectivity index (χ4n) is 6.46. The number of ether oxygens (including phenoxy) is 4. The fraction of sp³-hybridized carbons (Fsp3) is 0.750. The Bertz CT molecular complexity index is 1180. The molecule has 0 saturated heterocycles. The van der Waals surface area contributed by atoms with Gasteiger partial charge in [-0.25, -0.2) is 0 Å². The van der Waals surface area contributed by atoms with Gasteiger partial charge >= 0.3 is 11.9 Å². The summed E-state index contributed by atoms with van der Waals surface area (Å²) < 4.78 is 22.6. The van der Waals surface area contributed by atoms with Gasteiger partial charge in [-0.3, -0.25) is 9.59 Å². The molecule has 0 N–H and O–H groups in total. The summed E-state index contributed by atoms with van der Waals surface area (Å²) in [5.41, 5.74) is 0. The number of aliphatic carboxylic acids is 1. The SMILES string of the molecule is CC/C=C\C/C=C\C/C=C\C/C=C\CCCCCCCCCCC(=O)OC(COC(=O)CCCCCCC/C=C\CCCCCCCC)COC(OCC[N+](C)(C)C)C(=O)[O-]. The molecule has 0 aromatic heterocycles. The second kappa shape index (κ2) is 43.6. The van der Waals surface area contributed by atoms with Crippen molar-refractivity contribution in [2.24, 2.45) is 0 Å². The van der Waals surface area contributed by atoms with Crippen molar-refractivity contribution in [1.82, 2.24) is 0 Å². The second-order valence-corrected chi connectivity index (χ2v) is 17.4. The molecule has 0 heterocycles. The van der Waals surface area contributed by atoms with Crippen molar-refractivity contribution in [2.45, 2.75) is 206 Å². The first-order chi connectivity index (χ1) is 29.6. The summed E-state index contributed by atoms with van der Waals surface area (Å²) in [6.45, 7) is 4.60. The highest BCUT2D eigenvalue weighted by Gasteiger charge is 2.21. The van der Waals surface area contributed by atoms with Gasteiger partial charge < -0.3 is 33.3 Å². The summed E-state index contributed by atoms with van der Waals surface area (Å²) in [5, 5.41) is 11.7. The van der Waals surface area contributed by atoms with E-state index in [4.69, 9.17) is 18.9 Å². The normalized spacial score (nSPS) is 13.4. The highest BCUT2D eigenvalue weighted by atomic mass is 16.7. The fourth-order valence-corrected chi connectivity index (χ4v) is 6.46. The van der Waals surface area contributed by atoms with E-state index in [1.165, 1.54) is 70.6 Å². The van der Waals surface area contributed by atoms with E-state index in [2.05, 4.69) is 74.6 Å². The number of nitrogens with zero attached hydrogens (tertiary/aromatic N) is 1. The zero-order valence-electron chi connectivity index (χ0n) is 39.8. The lowest BCUT2D eigenvalue weighted by atomic mass is 10.1. The maximum Gasteiger partial charge on any atom is 0.306 e. The lowest BCUT2D eigenvalue weighted by Gasteiger charge is -2.26. The monoisotopic (exact) mass is 858 g/mol. The Balaban J connectivity index is 4.40. The molecule has 0 aromatic carbocycles. The number of carbonyl (C=O) groups is 3. The molecular formula is C52H91NO8. The maximum atomic E-state index is 12.8. The van der Waals surface area contributed by atoms with Crippen molar-refractivity contribution < 1.29 is 42.9 Å². The number of allylic oxidation sites excluding steroid dienone is 10. The van der Waals surface area contributed by atoms with Crippen LogP contribution in [0.25, 0.3) is 0 Å². The van der Waals surface area contributed by atoms with E-state index in [-0.39, 0.29) is 38.6 Å². The topological polar surface area (TPSA) is 111 Å². The van der Waals surface area contributed by atoms with Crippen molar-refractivity contribution in [3.05, 3.63) is 60.8 Å². The predicted molar refractivity (Wildman–Crippen MR) is 251 cm³/mol. The van der Waals surface area contributed by atoms with Gasteiger partial charge in [-0.1, -0.05) is 164 Å². The minimum Gasteiger partial charge on any atom is -0.545 e. The van der Waals surface area contributed by atoms with Gasteiger partial charge in [0.2, 0.25) is 0 Å². The number of hydrogen-bond donors (Lipinski definition) is 0. The van der Waals surface area contributed by atoms with Gasteiger partial charge in [0.25, 0.3) is 0 Å². The van der Waals surface area contributed by atoms with Gasteiger partial charge in [0.15, 0.2) is 12.4 Å². The smallest absolute Gasteiger partial charge is 0.306 e. The van der Waals surface area contributed by atoms with Crippen LogP contribution in [0.3, 0.4) is 0 Å².